The number of benzene rings is 1. The number of rotatable bonds is 4. The van der Waals surface area contributed by atoms with Gasteiger partial charge in [0.25, 0.3) is 0 Å². The summed E-state index contributed by atoms with van der Waals surface area (Å²) in [5.41, 5.74) is 3.73. The van der Waals surface area contributed by atoms with Crippen molar-refractivity contribution in [2.24, 2.45) is 0 Å². The maximum atomic E-state index is 4.73. The van der Waals surface area contributed by atoms with E-state index in [4.69, 9.17) is 9.97 Å². The van der Waals surface area contributed by atoms with Crippen molar-refractivity contribution in [3.05, 3.63) is 51.4 Å². The topological polar surface area (TPSA) is 37.8 Å². The van der Waals surface area contributed by atoms with Gasteiger partial charge in [0.05, 0.1) is 5.69 Å². The number of hydrogen-bond donors (Lipinski definition) is 1. The molecule has 20 heavy (non-hydrogen) atoms. The second-order valence-electron chi connectivity index (χ2n) is 4.74. The number of hydrogen-bond acceptors (Lipinski definition) is 4. The smallest absolute Gasteiger partial charge is 0.135 e. The normalized spacial score (nSPS) is 13.3. The molecule has 0 amide bonds. The van der Waals surface area contributed by atoms with Crippen LogP contribution >= 0.6 is 27.7 Å². The third-order valence-corrected chi connectivity index (χ3v) is 4.74. The molecule has 0 radical (unpaired) electrons. The van der Waals surface area contributed by atoms with Crippen LogP contribution in [0.1, 0.15) is 29.6 Å². The van der Waals surface area contributed by atoms with Gasteiger partial charge in [-0.1, -0.05) is 28.1 Å². The zero-order valence-corrected chi connectivity index (χ0v) is 13.7. The lowest BCUT2D eigenvalue weighted by atomic mass is 10.1. The third kappa shape index (κ3) is 2.99. The van der Waals surface area contributed by atoms with Gasteiger partial charge in [0.2, 0.25) is 0 Å². The van der Waals surface area contributed by atoms with Gasteiger partial charge in [0, 0.05) is 34.5 Å². The van der Waals surface area contributed by atoms with E-state index in [-0.39, 0.29) is 0 Å². The van der Waals surface area contributed by atoms with Gasteiger partial charge >= 0.3 is 0 Å². The van der Waals surface area contributed by atoms with Crippen LogP contribution in [-0.4, -0.2) is 16.5 Å². The zero-order valence-electron chi connectivity index (χ0n) is 11.3. The largest absolute Gasteiger partial charge is 0.370 e. The molecule has 104 valence electrons. The van der Waals surface area contributed by atoms with Gasteiger partial charge < -0.3 is 5.32 Å². The molecule has 1 aliphatic heterocycles. The predicted octanol–water partition coefficient (Wildman–Crippen LogP) is 4.01. The highest BCUT2D eigenvalue weighted by molar-refractivity contribution is 9.10. The monoisotopic (exact) mass is 349 g/mol. The minimum absolute atomic E-state index is 0.781. The van der Waals surface area contributed by atoms with Crippen LogP contribution in [0.3, 0.4) is 0 Å². The van der Waals surface area contributed by atoms with Crippen LogP contribution < -0.4 is 5.32 Å². The molecule has 0 unspecified atom stereocenters. The van der Waals surface area contributed by atoms with E-state index < -0.39 is 0 Å². The van der Waals surface area contributed by atoms with Crippen LogP contribution in [0.4, 0.5) is 5.82 Å². The lowest BCUT2D eigenvalue weighted by Crippen LogP contribution is -2.08. The van der Waals surface area contributed by atoms with E-state index in [0.29, 0.717) is 0 Å². The van der Waals surface area contributed by atoms with Crippen molar-refractivity contribution in [1.29, 1.82) is 0 Å². The average Bonchev–Trinajstić information content (AvgIpc) is 2.90. The highest BCUT2D eigenvalue weighted by Crippen LogP contribution is 2.33. The second kappa shape index (κ2) is 6.14. The Morgan fingerprint density at radius 1 is 1.20 bits per heavy atom. The van der Waals surface area contributed by atoms with E-state index in [1.165, 1.54) is 16.8 Å². The molecule has 3 nitrogen and oxygen atoms in total. The molecule has 0 aliphatic carbocycles. The lowest BCUT2D eigenvalue weighted by molar-refractivity contribution is 0.923. The van der Waals surface area contributed by atoms with Gasteiger partial charge in [-0.05, 0) is 24.6 Å². The van der Waals surface area contributed by atoms with Crippen molar-refractivity contribution in [1.82, 2.24) is 9.97 Å². The Labute approximate surface area is 131 Å². The molecule has 2 heterocycles. The van der Waals surface area contributed by atoms with E-state index in [9.17, 15) is 0 Å². The first-order valence-corrected chi connectivity index (χ1v) is 8.65. The predicted molar refractivity (Wildman–Crippen MR) is 88.1 cm³/mol. The van der Waals surface area contributed by atoms with Crippen molar-refractivity contribution < 1.29 is 0 Å². The van der Waals surface area contributed by atoms with Crippen LogP contribution in [0, 0.1) is 0 Å². The number of aromatic nitrogens is 2. The molecule has 0 saturated carbocycles. The molecular formula is C15H16BrN3S. The van der Waals surface area contributed by atoms with Gasteiger partial charge in [0.15, 0.2) is 0 Å². The average molecular weight is 350 g/mol. The molecule has 2 aromatic rings. The fraction of sp³-hybridized carbons (Fsp3) is 0.333. The molecule has 3 rings (SSSR count). The number of thioether (sulfide) groups is 1. The summed E-state index contributed by atoms with van der Waals surface area (Å²) < 4.78 is 1.10. The molecule has 0 atom stereocenters. The van der Waals surface area contributed by atoms with E-state index in [1.807, 2.05) is 11.8 Å². The summed E-state index contributed by atoms with van der Waals surface area (Å²) in [6.07, 6.45) is 0.781. The van der Waals surface area contributed by atoms with E-state index >= 15 is 0 Å². The van der Waals surface area contributed by atoms with E-state index in [2.05, 4.69) is 52.4 Å². The Balaban J connectivity index is 1.89. The van der Waals surface area contributed by atoms with Gasteiger partial charge in [-0.15, -0.1) is 0 Å². The third-order valence-electron chi connectivity index (χ3n) is 3.24. The van der Waals surface area contributed by atoms with Crippen molar-refractivity contribution in [2.75, 3.05) is 11.9 Å². The first-order chi connectivity index (χ1) is 9.76. The fourth-order valence-corrected chi connectivity index (χ4v) is 3.59. The van der Waals surface area contributed by atoms with Crippen molar-refractivity contribution in [3.8, 4) is 0 Å². The Kier molecular flexibility index (Phi) is 4.27. The number of fused-ring (bicyclic) bond motifs is 1. The molecule has 0 saturated heterocycles. The molecular weight excluding hydrogens is 334 g/mol. The number of nitrogens with one attached hydrogen (secondary N) is 1. The van der Waals surface area contributed by atoms with Crippen molar-refractivity contribution >= 4 is 33.5 Å². The van der Waals surface area contributed by atoms with Crippen LogP contribution in [-0.2, 0) is 17.9 Å². The number of anilines is 1. The summed E-state index contributed by atoms with van der Waals surface area (Å²) in [7, 11) is 0. The van der Waals surface area contributed by atoms with Crippen molar-refractivity contribution in [3.63, 3.8) is 0 Å². The Morgan fingerprint density at radius 2 is 2.00 bits per heavy atom. The zero-order chi connectivity index (χ0) is 13.9. The minimum Gasteiger partial charge on any atom is -0.370 e. The van der Waals surface area contributed by atoms with Gasteiger partial charge in [0.1, 0.15) is 11.6 Å². The van der Waals surface area contributed by atoms with Crippen LogP contribution in [0.2, 0.25) is 0 Å². The number of halogens is 1. The van der Waals surface area contributed by atoms with Crippen molar-refractivity contribution in [2.45, 2.75) is 24.9 Å². The Hall–Kier alpha value is -1.07. The van der Waals surface area contributed by atoms with E-state index in [0.717, 1.165) is 40.6 Å². The maximum absolute atomic E-state index is 4.73. The first-order valence-electron chi connectivity index (χ1n) is 6.71. The molecule has 1 N–H and O–H groups in total. The summed E-state index contributed by atoms with van der Waals surface area (Å²) >= 11 is 5.37. The van der Waals surface area contributed by atoms with Crippen LogP contribution in [0.25, 0.3) is 0 Å². The summed E-state index contributed by atoms with van der Waals surface area (Å²) in [6, 6.07) is 8.35. The Morgan fingerprint density at radius 3 is 2.75 bits per heavy atom. The SMILES string of the molecule is CCNc1nc(Cc2ccc(Br)cc2)nc2c1CSC2. The molecule has 1 aromatic heterocycles. The standard InChI is InChI=1S/C15H16BrN3S/c1-2-17-15-12-8-20-9-13(12)18-14(19-15)7-10-3-5-11(16)6-4-10/h3-6H,2,7-9H2,1H3,(H,17,18,19). The maximum Gasteiger partial charge on any atom is 0.135 e. The lowest BCUT2D eigenvalue weighted by Gasteiger charge is -2.10. The second-order valence-corrected chi connectivity index (χ2v) is 6.64. The number of nitrogens with zero attached hydrogens (tertiary/aromatic N) is 2. The van der Waals surface area contributed by atoms with E-state index in [1.54, 1.807) is 0 Å². The Bertz CT molecular complexity index is 613. The molecule has 0 spiro atoms. The summed E-state index contributed by atoms with van der Waals surface area (Å²) in [6.45, 7) is 3.00. The molecule has 1 aromatic carbocycles. The highest BCUT2D eigenvalue weighted by Gasteiger charge is 2.19. The summed E-state index contributed by atoms with van der Waals surface area (Å²) in [5.74, 6) is 3.96. The molecule has 5 heteroatoms. The highest BCUT2D eigenvalue weighted by atomic mass is 79.9. The quantitative estimate of drug-likeness (QED) is 0.904. The van der Waals surface area contributed by atoms with Gasteiger partial charge in [-0.25, -0.2) is 9.97 Å². The van der Waals surface area contributed by atoms with Crippen LogP contribution in [0.5, 0.6) is 0 Å². The van der Waals surface area contributed by atoms with Gasteiger partial charge in [-0.3, -0.25) is 0 Å². The van der Waals surface area contributed by atoms with Gasteiger partial charge in [-0.2, -0.15) is 11.8 Å². The molecule has 0 fully saturated rings. The fourth-order valence-electron chi connectivity index (χ4n) is 2.28. The van der Waals surface area contributed by atoms with Crippen LogP contribution in [0.15, 0.2) is 28.7 Å². The summed E-state index contributed by atoms with van der Waals surface area (Å²) in [4.78, 5) is 9.43. The molecule has 1 aliphatic rings. The minimum atomic E-state index is 0.781. The first kappa shape index (κ1) is 13.9. The molecule has 0 bridgehead atoms. The summed E-state index contributed by atoms with van der Waals surface area (Å²) in [5, 5.41) is 3.37.